The average molecular weight is 286 g/mol. The molecule has 4 heteroatoms. The molecule has 1 saturated heterocycles. The van der Waals surface area contributed by atoms with Crippen molar-refractivity contribution < 1.29 is 9.59 Å². The van der Waals surface area contributed by atoms with E-state index >= 15 is 0 Å². The minimum Gasteiger partial charge on any atom is -0.326 e. The first-order valence-corrected chi connectivity index (χ1v) is 7.83. The Morgan fingerprint density at radius 1 is 1.00 bits per heavy atom. The van der Waals surface area contributed by atoms with Crippen LogP contribution in [-0.2, 0) is 16.1 Å². The van der Waals surface area contributed by atoms with Crippen molar-refractivity contribution in [3.8, 4) is 0 Å². The van der Waals surface area contributed by atoms with E-state index in [1.165, 1.54) is 17.7 Å². The van der Waals surface area contributed by atoms with Crippen LogP contribution >= 0.6 is 0 Å². The molecular weight excluding hydrogens is 264 g/mol. The third-order valence-electron chi connectivity index (χ3n) is 4.89. The number of carbonyl (C=O) groups excluding carboxylic acids is 2. The highest BCUT2D eigenvalue weighted by molar-refractivity contribution is 6.22. The van der Waals surface area contributed by atoms with Crippen LogP contribution in [0.25, 0.3) is 0 Å². The number of amides is 2. The van der Waals surface area contributed by atoms with Gasteiger partial charge in [0.15, 0.2) is 0 Å². The molecule has 3 rings (SSSR count). The van der Waals surface area contributed by atoms with Gasteiger partial charge >= 0.3 is 0 Å². The SMILES string of the molecule is NCc1ccc(N2C(=O)CC3(CCCCCC3)C2=O)cc1. The Kier molecular flexibility index (Phi) is 3.81. The molecule has 1 saturated carbocycles. The molecule has 0 bridgehead atoms. The smallest absolute Gasteiger partial charge is 0.240 e. The van der Waals surface area contributed by atoms with E-state index in [1.54, 1.807) is 0 Å². The van der Waals surface area contributed by atoms with E-state index < -0.39 is 5.41 Å². The largest absolute Gasteiger partial charge is 0.326 e. The number of carbonyl (C=O) groups is 2. The molecule has 2 fully saturated rings. The molecule has 2 N–H and O–H groups in total. The zero-order valence-electron chi connectivity index (χ0n) is 12.3. The first-order valence-electron chi connectivity index (χ1n) is 7.83. The third-order valence-corrected chi connectivity index (χ3v) is 4.89. The molecule has 2 aliphatic rings. The van der Waals surface area contributed by atoms with Crippen molar-refractivity contribution in [1.82, 2.24) is 0 Å². The maximum absolute atomic E-state index is 12.9. The summed E-state index contributed by atoms with van der Waals surface area (Å²) in [5.41, 5.74) is 6.84. The fourth-order valence-electron chi connectivity index (χ4n) is 3.63. The number of benzene rings is 1. The normalized spacial score (nSPS) is 21.9. The topological polar surface area (TPSA) is 63.4 Å². The summed E-state index contributed by atoms with van der Waals surface area (Å²) in [6.07, 6.45) is 6.55. The van der Waals surface area contributed by atoms with Gasteiger partial charge in [0.05, 0.1) is 11.1 Å². The Bertz CT molecular complexity index is 542. The fourth-order valence-corrected chi connectivity index (χ4v) is 3.63. The van der Waals surface area contributed by atoms with Gasteiger partial charge in [-0.05, 0) is 30.5 Å². The van der Waals surface area contributed by atoms with Crippen LogP contribution in [0.15, 0.2) is 24.3 Å². The van der Waals surface area contributed by atoms with E-state index in [2.05, 4.69) is 0 Å². The van der Waals surface area contributed by atoms with Crippen molar-refractivity contribution in [1.29, 1.82) is 0 Å². The molecule has 0 radical (unpaired) electrons. The Balaban J connectivity index is 1.89. The first-order chi connectivity index (χ1) is 10.2. The van der Waals surface area contributed by atoms with E-state index in [9.17, 15) is 9.59 Å². The van der Waals surface area contributed by atoms with Gasteiger partial charge in [0.2, 0.25) is 11.8 Å². The molecule has 4 nitrogen and oxygen atoms in total. The molecule has 1 aliphatic carbocycles. The van der Waals surface area contributed by atoms with Crippen LogP contribution in [0.1, 0.15) is 50.5 Å². The summed E-state index contributed by atoms with van der Waals surface area (Å²) in [5.74, 6) is -0.0442. The second-order valence-electron chi connectivity index (χ2n) is 6.28. The van der Waals surface area contributed by atoms with Gasteiger partial charge in [-0.2, -0.15) is 0 Å². The summed E-state index contributed by atoms with van der Waals surface area (Å²) < 4.78 is 0. The molecule has 21 heavy (non-hydrogen) atoms. The zero-order valence-corrected chi connectivity index (χ0v) is 12.3. The summed E-state index contributed by atoms with van der Waals surface area (Å²) in [6, 6.07) is 7.42. The lowest BCUT2D eigenvalue weighted by Gasteiger charge is -2.25. The van der Waals surface area contributed by atoms with E-state index in [4.69, 9.17) is 5.73 Å². The fraction of sp³-hybridized carbons (Fsp3) is 0.529. The average Bonchev–Trinajstić information content (AvgIpc) is 2.67. The highest BCUT2D eigenvalue weighted by Gasteiger charge is 2.51. The van der Waals surface area contributed by atoms with Crippen molar-refractivity contribution in [2.75, 3.05) is 4.90 Å². The number of nitrogens with zero attached hydrogens (tertiary/aromatic N) is 1. The molecule has 0 aromatic heterocycles. The Labute approximate surface area is 125 Å². The molecule has 0 unspecified atom stereocenters. The number of nitrogens with two attached hydrogens (primary N) is 1. The third kappa shape index (κ3) is 2.48. The summed E-state index contributed by atoms with van der Waals surface area (Å²) in [5, 5.41) is 0. The lowest BCUT2D eigenvalue weighted by atomic mass is 9.79. The van der Waals surface area contributed by atoms with Crippen LogP contribution in [-0.4, -0.2) is 11.8 Å². The van der Waals surface area contributed by atoms with Gasteiger partial charge < -0.3 is 5.73 Å². The molecular formula is C17H22N2O2. The van der Waals surface area contributed by atoms with Crippen molar-refractivity contribution in [2.45, 2.75) is 51.5 Å². The van der Waals surface area contributed by atoms with Gasteiger partial charge in [0, 0.05) is 13.0 Å². The van der Waals surface area contributed by atoms with Crippen LogP contribution in [0.3, 0.4) is 0 Å². The highest BCUT2D eigenvalue weighted by Crippen LogP contribution is 2.45. The van der Waals surface area contributed by atoms with Crippen LogP contribution in [0, 0.1) is 5.41 Å². The van der Waals surface area contributed by atoms with E-state index in [-0.39, 0.29) is 11.8 Å². The summed E-state index contributed by atoms with van der Waals surface area (Å²) in [6.45, 7) is 0.464. The minimum atomic E-state index is -0.430. The van der Waals surface area contributed by atoms with Crippen molar-refractivity contribution in [3.63, 3.8) is 0 Å². The monoisotopic (exact) mass is 286 g/mol. The van der Waals surface area contributed by atoms with Gasteiger partial charge in [-0.3, -0.25) is 14.5 Å². The molecule has 2 amide bonds. The lowest BCUT2D eigenvalue weighted by Crippen LogP contribution is -2.35. The number of hydrogen-bond donors (Lipinski definition) is 1. The second kappa shape index (κ2) is 5.60. The zero-order chi connectivity index (χ0) is 14.9. The summed E-state index contributed by atoms with van der Waals surface area (Å²) in [7, 11) is 0. The van der Waals surface area contributed by atoms with Crippen molar-refractivity contribution >= 4 is 17.5 Å². The van der Waals surface area contributed by atoms with Crippen molar-refractivity contribution in [2.24, 2.45) is 11.1 Å². The molecule has 1 spiro atoms. The summed E-state index contributed by atoms with van der Waals surface area (Å²) >= 11 is 0. The standard InChI is InChI=1S/C17H22N2O2/c18-12-13-5-7-14(8-6-13)19-15(20)11-17(16(19)21)9-3-1-2-4-10-17/h5-8H,1-4,9-12,18H2. The van der Waals surface area contributed by atoms with Crippen LogP contribution < -0.4 is 10.6 Å². The van der Waals surface area contributed by atoms with Crippen LogP contribution in [0.5, 0.6) is 0 Å². The van der Waals surface area contributed by atoms with Crippen LogP contribution in [0.4, 0.5) is 5.69 Å². The lowest BCUT2D eigenvalue weighted by molar-refractivity contribution is -0.126. The van der Waals surface area contributed by atoms with Gasteiger partial charge in [-0.25, -0.2) is 0 Å². The van der Waals surface area contributed by atoms with Gasteiger partial charge in [-0.15, -0.1) is 0 Å². The van der Waals surface area contributed by atoms with E-state index in [0.29, 0.717) is 18.7 Å². The Morgan fingerprint density at radius 2 is 1.62 bits per heavy atom. The maximum atomic E-state index is 12.9. The molecule has 1 aromatic carbocycles. The predicted molar refractivity (Wildman–Crippen MR) is 81.6 cm³/mol. The maximum Gasteiger partial charge on any atom is 0.240 e. The second-order valence-corrected chi connectivity index (χ2v) is 6.28. The summed E-state index contributed by atoms with van der Waals surface area (Å²) in [4.78, 5) is 26.7. The van der Waals surface area contributed by atoms with E-state index in [0.717, 1.165) is 31.2 Å². The number of rotatable bonds is 2. The van der Waals surface area contributed by atoms with E-state index in [1.807, 2.05) is 24.3 Å². The number of imide groups is 1. The van der Waals surface area contributed by atoms with Crippen LogP contribution in [0.2, 0.25) is 0 Å². The Hall–Kier alpha value is -1.68. The molecule has 1 aliphatic heterocycles. The van der Waals surface area contributed by atoms with Gasteiger partial charge in [0.25, 0.3) is 0 Å². The van der Waals surface area contributed by atoms with Gasteiger partial charge in [-0.1, -0.05) is 37.8 Å². The molecule has 112 valence electrons. The van der Waals surface area contributed by atoms with Crippen molar-refractivity contribution in [3.05, 3.63) is 29.8 Å². The number of anilines is 1. The predicted octanol–water partition coefficient (Wildman–Crippen LogP) is 2.75. The van der Waals surface area contributed by atoms with Gasteiger partial charge in [0.1, 0.15) is 0 Å². The highest BCUT2D eigenvalue weighted by atomic mass is 16.2. The minimum absolute atomic E-state index is 0.00917. The first kappa shape index (κ1) is 14.3. The quantitative estimate of drug-likeness (QED) is 0.850. The molecule has 1 heterocycles. The number of hydrogen-bond acceptors (Lipinski definition) is 3. The molecule has 0 atom stereocenters. The molecule has 1 aromatic rings. The Morgan fingerprint density at radius 3 is 2.19 bits per heavy atom.